The minimum Gasteiger partial charge on any atom is -0.508 e. The normalized spacial score (nSPS) is 15.0. The number of phenolic OH excluding ortho intramolecular Hbond substituents is 1. The molecule has 3 aromatic rings. The molecule has 1 unspecified atom stereocenters. The number of aromatic hydroxyl groups is 1. The molecule has 1 aliphatic heterocycles. The fourth-order valence-corrected chi connectivity index (χ4v) is 3.96. The van der Waals surface area contributed by atoms with Gasteiger partial charge >= 0.3 is 0 Å². The number of aryl methyl sites for hydroxylation is 1. The summed E-state index contributed by atoms with van der Waals surface area (Å²) < 4.78 is 7.82. The molecule has 0 amide bonds. The fraction of sp³-hybridized carbons (Fsp3) is 0.273. The van der Waals surface area contributed by atoms with Crippen molar-refractivity contribution >= 4 is 11.6 Å². The van der Waals surface area contributed by atoms with Gasteiger partial charge in [0, 0.05) is 29.1 Å². The predicted octanol–water partition coefficient (Wildman–Crippen LogP) is 3.96. The Morgan fingerprint density at radius 2 is 2.00 bits per heavy atom. The molecule has 150 valence electrons. The van der Waals surface area contributed by atoms with Crippen LogP contribution < -0.4 is 10.2 Å². The largest absolute Gasteiger partial charge is 0.508 e. The van der Waals surface area contributed by atoms with Gasteiger partial charge in [-0.05, 0) is 44.8 Å². The Hall–Kier alpha value is -2.83. The first-order chi connectivity index (χ1) is 14.0. The minimum absolute atomic E-state index is 0.117. The van der Waals surface area contributed by atoms with E-state index in [2.05, 4.69) is 9.88 Å². The van der Waals surface area contributed by atoms with Gasteiger partial charge in [-0.3, -0.25) is 5.41 Å². The Kier molecular flexibility index (Phi) is 5.30. The first-order valence-electron chi connectivity index (χ1n) is 9.49. The van der Waals surface area contributed by atoms with Gasteiger partial charge in [-0.1, -0.05) is 35.9 Å². The summed E-state index contributed by atoms with van der Waals surface area (Å²) in [4.78, 5) is 6.61. The average Bonchev–Trinajstić information content (AvgIpc) is 2.68. The molecule has 29 heavy (non-hydrogen) atoms. The van der Waals surface area contributed by atoms with E-state index in [9.17, 15) is 5.11 Å². The SMILES string of the molecule is CN(C)CCCn1cnc2c(c1=N)C(c1ccccc1Cl)c1ccc(O)cc1O2. The van der Waals surface area contributed by atoms with E-state index >= 15 is 0 Å². The van der Waals surface area contributed by atoms with Crippen LogP contribution in [0.25, 0.3) is 0 Å². The van der Waals surface area contributed by atoms with Crippen molar-refractivity contribution in [3.63, 3.8) is 0 Å². The number of hydrogen-bond donors (Lipinski definition) is 2. The average molecular weight is 411 g/mol. The number of halogens is 1. The van der Waals surface area contributed by atoms with Crippen molar-refractivity contribution in [3.8, 4) is 17.4 Å². The van der Waals surface area contributed by atoms with Crippen LogP contribution in [0, 0.1) is 5.41 Å². The highest BCUT2D eigenvalue weighted by atomic mass is 35.5. The van der Waals surface area contributed by atoms with E-state index in [4.69, 9.17) is 21.7 Å². The summed E-state index contributed by atoms with van der Waals surface area (Å²) in [5, 5.41) is 19.4. The second kappa shape index (κ2) is 7.89. The van der Waals surface area contributed by atoms with Crippen LogP contribution in [0.2, 0.25) is 5.02 Å². The molecule has 2 aromatic carbocycles. The number of hydrogen-bond acceptors (Lipinski definition) is 5. The van der Waals surface area contributed by atoms with Crippen LogP contribution in [0.4, 0.5) is 0 Å². The highest BCUT2D eigenvalue weighted by Gasteiger charge is 2.33. The smallest absolute Gasteiger partial charge is 0.228 e. The van der Waals surface area contributed by atoms with Crippen molar-refractivity contribution in [2.45, 2.75) is 18.9 Å². The number of nitrogens with one attached hydrogen (secondary N) is 1. The molecule has 0 saturated carbocycles. The zero-order valence-electron chi connectivity index (χ0n) is 16.4. The molecule has 7 heteroatoms. The van der Waals surface area contributed by atoms with Gasteiger partial charge in [0.2, 0.25) is 5.88 Å². The van der Waals surface area contributed by atoms with Crippen LogP contribution in [0.5, 0.6) is 17.4 Å². The van der Waals surface area contributed by atoms with Gasteiger partial charge in [0.25, 0.3) is 0 Å². The zero-order valence-corrected chi connectivity index (χ0v) is 17.1. The molecule has 6 nitrogen and oxygen atoms in total. The van der Waals surface area contributed by atoms with E-state index in [1.807, 2.05) is 49.0 Å². The number of phenols is 1. The van der Waals surface area contributed by atoms with Crippen LogP contribution in [-0.2, 0) is 6.54 Å². The number of rotatable bonds is 5. The standard InChI is InChI=1S/C22H23ClN4O2/c1-26(2)10-5-11-27-13-25-22-20(21(27)24)19(15-6-3-4-7-17(15)23)16-9-8-14(28)12-18(16)29-22/h3-4,6-9,12-13,19,24,28H,5,10-11H2,1-2H3. The van der Waals surface area contributed by atoms with E-state index in [1.54, 1.807) is 18.5 Å². The second-order valence-corrected chi connectivity index (χ2v) is 7.85. The van der Waals surface area contributed by atoms with Gasteiger partial charge < -0.3 is 19.3 Å². The molecular formula is C22H23ClN4O2. The third-order valence-corrected chi connectivity index (χ3v) is 5.46. The van der Waals surface area contributed by atoms with Crippen LogP contribution in [0.15, 0.2) is 48.8 Å². The van der Waals surface area contributed by atoms with E-state index in [-0.39, 0.29) is 11.7 Å². The number of aromatic nitrogens is 2. The summed E-state index contributed by atoms with van der Waals surface area (Å²) in [7, 11) is 4.07. The molecule has 2 N–H and O–H groups in total. The lowest BCUT2D eigenvalue weighted by atomic mass is 9.84. The molecule has 0 aliphatic carbocycles. The number of ether oxygens (including phenoxy) is 1. The Morgan fingerprint density at radius 3 is 2.76 bits per heavy atom. The predicted molar refractivity (Wildman–Crippen MR) is 112 cm³/mol. The van der Waals surface area contributed by atoms with Gasteiger partial charge in [-0.15, -0.1) is 0 Å². The second-order valence-electron chi connectivity index (χ2n) is 7.44. The van der Waals surface area contributed by atoms with E-state index in [0.29, 0.717) is 34.2 Å². The summed E-state index contributed by atoms with van der Waals surface area (Å²) in [6.07, 6.45) is 2.56. The molecule has 0 spiro atoms. The highest BCUT2D eigenvalue weighted by molar-refractivity contribution is 6.31. The number of fused-ring (bicyclic) bond motifs is 2. The monoisotopic (exact) mass is 410 g/mol. The van der Waals surface area contributed by atoms with Crippen LogP contribution in [0.1, 0.15) is 29.0 Å². The van der Waals surface area contributed by atoms with Gasteiger partial charge in [-0.2, -0.15) is 0 Å². The van der Waals surface area contributed by atoms with Crippen molar-refractivity contribution in [1.29, 1.82) is 5.41 Å². The summed E-state index contributed by atoms with van der Waals surface area (Å²) >= 11 is 6.55. The lowest BCUT2D eigenvalue weighted by Crippen LogP contribution is -2.30. The molecule has 0 radical (unpaired) electrons. The zero-order chi connectivity index (χ0) is 20.5. The molecule has 1 aromatic heterocycles. The van der Waals surface area contributed by atoms with E-state index in [0.717, 1.165) is 24.1 Å². The lowest BCUT2D eigenvalue weighted by Gasteiger charge is -2.29. The summed E-state index contributed by atoms with van der Waals surface area (Å²) in [5.74, 6) is 0.719. The molecule has 1 aliphatic rings. The Labute approximate surface area is 174 Å². The third kappa shape index (κ3) is 3.73. The molecule has 0 saturated heterocycles. The van der Waals surface area contributed by atoms with Gasteiger partial charge in [0.15, 0.2) is 0 Å². The Bertz CT molecular complexity index is 1110. The first kappa shape index (κ1) is 19.5. The Morgan fingerprint density at radius 1 is 1.21 bits per heavy atom. The molecule has 2 heterocycles. The van der Waals surface area contributed by atoms with Crippen LogP contribution in [-0.4, -0.2) is 40.2 Å². The van der Waals surface area contributed by atoms with Crippen molar-refractivity contribution in [2.24, 2.45) is 0 Å². The first-order valence-corrected chi connectivity index (χ1v) is 9.87. The third-order valence-electron chi connectivity index (χ3n) is 5.11. The maximum Gasteiger partial charge on any atom is 0.228 e. The van der Waals surface area contributed by atoms with Gasteiger partial charge in [0.05, 0.1) is 5.56 Å². The van der Waals surface area contributed by atoms with Gasteiger partial charge in [0.1, 0.15) is 23.3 Å². The number of nitrogens with zero attached hydrogens (tertiary/aromatic N) is 3. The van der Waals surface area contributed by atoms with Crippen molar-refractivity contribution in [2.75, 3.05) is 20.6 Å². The van der Waals surface area contributed by atoms with Crippen molar-refractivity contribution < 1.29 is 9.84 Å². The van der Waals surface area contributed by atoms with Crippen molar-refractivity contribution in [1.82, 2.24) is 14.5 Å². The van der Waals surface area contributed by atoms with Crippen LogP contribution in [0.3, 0.4) is 0 Å². The summed E-state index contributed by atoms with van der Waals surface area (Å²) in [6.45, 7) is 1.62. The van der Waals surface area contributed by atoms with E-state index in [1.165, 1.54) is 0 Å². The minimum atomic E-state index is -0.302. The number of benzene rings is 2. The topological polar surface area (TPSA) is 74.4 Å². The Balaban J connectivity index is 1.86. The molecule has 0 fully saturated rings. The lowest BCUT2D eigenvalue weighted by molar-refractivity contribution is 0.378. The highest BCUT2D eigenvalue weighted by Crippen LogP contribution is 2.47. The summed E-state index contributed by atoms with van der Waals surface area (Å²) in [5.41, 5.74) is 2.78. The molecule has 4 rings (SSSR count). The quantitative estimate of drug-likeness (QED) is 0.522. The van der Waals surface area contributed by atoms with Gasteiger partial charge in [-0.25, -0.2) is 4.98 Å². The maximum atomic E-state index is 9.92. The van der Waals surface area contributed by atoms with Crippen molar-refractivity contribution in [3.05, 3.63) is 76.0 Å². The van der Waals surface area contributed by atoms with E-state index < -0.39 is 0 Å². The van der Waals surface area contributed by atoms with Crippen LogP contribution >= 0.6 is 11.6 Å². The molecule has 1 atom stereocenters. The molecular weight excluding hydrogens is 388 g/mol. The summed E-state index contributed by atoms with van der Waals surface area (Å²) in [6, 6.07) is 12.6. The molecule has 0 bridgehead atoms. The maximum absolute atomic E-state index is 9.92. The fourth-order valence-electron chi connectivity index (χ4n) is 3.72.